The molecule has 0 spiro atoms. The second-order valence-corrected chi connectivity index (χ2v) is 5.40. The normalized spacial score (nSPS) is 23.6. The summed E-state index contributed by atoms with van der Waals surface area (Å²) in [6, 6.07) is 0.290. The lowest BCUT2D eigenvalue weighted by molar-refractivity contribution is -0.122. The SMILES string of the molecule is CCCCCCCC(=O)NC1CCC([C]=O)CC1. The Morgan fingerprint density at radius 2 is 1.78 bits per heavy atom. The molecule has 3 nitrogen and oxygen atoms in total. The predicted molar refractivity (Wildman–Crippen MR) is 73.0 cm³/mol. The molecule has 1 amide bonds. The maximum Gasteiger partial charge on any atom is 0.220 e. The summed E-state index contributed by atoms with van der Waals surface area (Å²) in [7, 11) is 0. The van der Waals surface area contributed by atoms with Crippen LogP contribution in [0.4, 0.5) is 0 Å². The largest absolute Gasteiger partial charge is 0.353 e. The van der Waals surface area contributed by atoms with Gasteiger partial charge in [0.2, 0.25) is 12.2 Å². The minimum atomic E-state index is 0.104. The lowest BCUT2D eigenvalue weighted by Crippen LogP contribution is -2.37. The molecule has 0 heterocycles. The van der Waals surface area contributed by atoms with Gasteiger partial charge in [0, 0.05) is 18.4 Å². The van der Waals surface area contributed by atoms with Gasteiger partial charge >= 0.3 is 0 Å². The number of carbonyl (C=O) groups is 1. The van der Waals surface area contributed by atoms with Crippen LogP contribution in [-0.2, 0) is 9.59 Å². The van der Waals surface area contributed by atoms with Gasteiger partial charge in [0.25, 0.3) is 0 Å². The Labute approximate surface area is 111 Å². The highest BCUT2D eigenvalue weighted by Gasteiger charge is 2.22. The zero-order valence-corrected chi connectivity index (χ0v) is 11.5. The molecule has 1 radical (unpaired) electrons. The summed E-state index contributed by atoms with van der Waals surface area (Å²) in [6.07, 6.45) is 12.3. The van der Waals surface area contributed by atoms with Gasteiger partial charge in [-0.1, -0.05) is 32.6 Å². The highest BCUT2D eigenvalue weighted by atomic mass is 16.1. The van der Waals surface area contributed by atoms with Crippen molar-refractivity contribution in [1.82, 2.24) is 5.32 Å². The molecule has 0 aromatic rings. The van der Waals surface area contributed by atoms with Crippen LogP contribution in [0.5, 0.6) is 0 Å². The first-order chi connectivity index (χ1) is 8.76. The Kier molecular flexibility index (Phi) is 7.70. The molecule has 0 aliphatic heterocycles. The van der Waals surface area contributed by atoms with Crippen molar-refractivity contribution in [3.63, 3.8) is 0 Å². The van der Waals surface area contributed by atoms with Crippen molar-refractivity contribution >= 4 is 12.2 Å². The molecule has 0 atom stereocenters. The van der Waals surface area contributed by atoms with E-state index in [1.165, 1.54) is 19.3 Å². The van der Waals surface area contributed by atoms with Crippen molar-refractivity contribution in [1.29, 1.82) is 0 Å². The van der Waals surface area contributed by atoms with E-state index in [4.69, 9.17) is 0 Å². The first kappa shape index (κ1) is 15.2. The summed E-state index contributed by atoms with van der Waals surface area (Å²) in [5, 5.41) is 3.09. The second-order valence-electron chi connectivity index (χ2n) is 5.40. The summed E-state index contributed by atoms with van der Waals surface area (Å²) in [5.41, 5.74) is 0. The monoisotopic (exact) mass is 252 g/mol. The first-order valence-corrected chi connectivity index (χ1v) is 7.43. The molecule has 1 fully saturated rings. The van der Waals surface area contributed by atoms with Gasteiger partial charge in [-0.25, -0.2) is 0 Å². The van der Waals surface area contributed by atoms with E-state index in [2.05, 4.69) is 18.5 Å². The van der Waals surface area contributed by atoms with Gasteiger partial charge in [0.15, 0.2) is 0 Å². The van der Waals surface area contributed by atoms with Crippen LogP contribution in [0.1, 0.15) is 71.1 Å². The molecule has 1 aliphatic rings. The van der Waals surface area contributed by atoms with Crippen LogP contribution >= 0.6 is 0 Å². The fraction of sp³-hybridized carbons (Fsp3) is 0.867. The van der Waals surface area contributed by atoms with Crippen LogP contribution in [-0.4, -0.2) is 18.2 Å². The Morgan fingerprint density at radius 3 is 2.39 bits per heavy atom. The van der Waals surface area contributed by atoms with E-state index in [9.17, 15) is 9.59 Å². The molecule has 0 aromatic carbocycles. The number of amides is 1. The van der Waals surface area contributed by atoms with Crippen LogP contribution in [0, 0.1) is 5.92 Å². The van der Waals surface area contributed by atoms with Gasteiger partial charge in [-0.2, -0.15) is 0 Å². The van der Waals surface area contributed by atoms with Crippen LogP contribution in [0.15, 0.2) is 0 Å². The van der Waals surface area contributed by atoms with Crippen molar-refractivity contribution in [2.24, 2.45) is 5.92 Å². The lowest BCUT2D eigenvalue weighted by Gasteiger charge is -2.25. The van der Waals surface area contributed by atoms with E-state index in [1.807, 2.05) is 0 Å². The third-order valence-electron chi connectivity index (χ3n) is 3.77. The number of unbranched alkanes of at least 4 members (excludes halogenated alkanes) is 4. The number of hydrogen-bond donors (Lipinski definition) is 1. The standard InChI is InChI=1S/C15H26NO2/c1-2-3-4-5-6-7-15(18)16-14-10-8-13(12-17)9-11-14/h13-14H,2-11H2,1H3,(H,16,18). The molecule has 1 N–H and O–H groups in total. The molecule has 0 saturated heterocycles. The average molecular weight is 252 g/mol. The van der Waals surface area contributed by atoms with Gasteiger partial charge in [0.1, 0.15) is 0 Å². The van der Waals surface area contributed by atoms with E-state index in [1.54, 1.807) is 0 Å². The highest BCUT2D eigenvalue weighted by Crippen LogP contribution is 2.22. The van der Waals surface area contributed by atoms with E-state index in [0.717, 1.165) is 38.5 Å². The maximum atomic E-state index is 11.7. The fourth-order valence-corrected chi connectivity index (χ4v) is 2.54. The summed E-state index contributed by atoms with van der Waals surface area (Å²) >= 11 is 0. The molecular formula is C15H26NO2. The Balaban J connectivity index is 2.04. The first-order valence-electron chi connectivity index (χ1n) is 7.43. The number of carbonyl (C=O) groups excluding carboxylic acids is 2. The van der Waals surface area contributed by atoms with E-state index < -0.39 is 0 Å². The van der Waals surface area contributed by atoms with Crippen LogP contribution in [0.3, 0.4) is 0 Å². The van der Waals surface area contributed by atoms with E-state index in [0.29, 0.717) is 6.42 Å². The molecule has 103 valence electrons. The van der Waals surface area contributed by atoms with Crippen LogP contribution in [0.25, 0.3) is 0 Å². The van der Waals surface area contributed by atoms with Crippen molar-refractivity contribution in [3.05, 3.63) is 0 Å². The third kappa shape index (κ3) is 6.18. The molecule has 1 rings (SSSR count). The second kappa shape index (κ2) is 9.12. The number of nitrogens with one attached hydrogen (secondary N) is 1. The quantitative estimate of drug-likeness (QED) is 0.675. The topological polar surface area (TPSA) is 46.2 Å². The van der Waals surface area contributed by atoms with E-state index in [-0.39, 0.29) is 17.9 Å². The van der Waals surface area contributed by atoms with Crippen LogP contribution in [0.2, 0.25) is 0 Å². The van der Waals surface area contributed by atoms with Gasteiger partial charge in [-0.15, -0.1) is 0 Å². The van der Waals surface area contributed by atoms with Gasteiger partial charge in [-0.3, -0.25) is 9.59 Å². The molecule has 3 heteroatoms. The smallest absolute Gasteiger partial charge is 0.220 e. The molecule has 0 unspecified atom stereocenters. The van der Waals surface area contributed by atoms with Crippen molar-refractivity contribution < 1.29 is 9.59 Å². The zero-order valence-electron chi connectivity index (χ0n) is 11.5. The highest BCUT2D eigenvalue weighted by molar-refractivity contribution is 5.76. The number of rotatable bonds is 8. The molecule has 1 aliphatic carbocycles. The number of hydrogen-bond acceptors (Lipinski definition) is 2. The summed E-state index contributed by atoms with van der Waals surface area (Å²) in [6.45, 7) is 2.19. The van der Waals surface area contributed by atoms with Crippen LogP contribution < -0.4 is 5.32 Å². The third-order valence-corrected chi connectivity index (χ3v) is 3.77. The van der Waals surface area contributed by atoms with Gasteiger partial charge < -0.3 is 5.32 Å². The minimum absolute atomic E-state index is 0.104. The molecule has 0 bridgehead atoms. The fourth-order valence-electron chi connectivity index (χ4n) is 2.54. The van der Waals surface area contributed by atoms with Crippen molar-refractivity contribution in [3.8, 4) is 0 Å². The zero-order chi connectivity index (χ0) is 13.2. The maximum absolute atomic E-state index is 11.7. The molecule has 18 heavy (non-hydrogen) atoms. The summed E-state index contributed by atoms with van der Waals surface area (Å²) < 4.78 is 0. The summed E-state index contributed by atoms with van der Waals surface area (Å²) in [5.74, 6) is 0.289. The lowest BCUT2D eigenvalue weighted by atomic mass is 9.87. The Hall–Kier alpha value is -0.860. The van der Waals surface area contributed by atoms with Crippen molar-refractivity contribution in [2.45, 2.75) is 77.2 Å². The average Bonchev–Trinajstić information content (AvgIpc) is 2.39. The minimum Gasteiger partial charge on any atom is -0.353 e. The van der Waals surface area contributed by atoms with Gasteiger partial charge in [0.05, 0.1) is 0 Å². The van der Waals surface area contributed by atoms with E-state index >= 15 is 0 Å². The Morgan fingerprint density at radius 1 is 1.11 bits per heavy atom. The van der Waals surface area contributed by atoms with Gasteiger partial charge in [-0.05, 0) is 32.1 Å². The molecular weight excluding hydrogens is 226 g/mol. The molecule has 0 aromatic heterocycles. The molecule has 1 saturated carbocycles. The van der Waals surface area contributed by atoms with Crippen molar-refractivity contribution in [2.75, 3.05) is 0 Å². The summed E-state index contributed by atoms with van der Waals surface area (Å²) in [4.78, 5) is 22.2. The predicted octanol–water partition coefficient (Wildman–Crippen LogP) is 3.13. The Bertz CT molecular complexity index is 245.